The summed E-state index contributed by atoms with van der Waals surface area (Å²) in [5, 5.41) is 0.444. The lowest BCUT2D eigenvalue weighted by Gasteiger charge is -2.22. The van der Waals surface area contributed by atoms with Crippen molar-refractivity contribution in [2.24, 2.45) is 0 Å². The van der Waals surface area contributed by atoms with E-state index in [4.69, 9.17) is 0 Å². The van der Waals surface area contributed by atoms with Gasteiger partial charge < -0.3 is 4.90 Å². The van der Waals surface area contributed by atoms with Crippen LogP contribution in [0.2, 0.25) is 0 Å². The second-order valence-electron chi connectivity index (χ2n) is 6.48. The van der Waals surface area contributed by atoms with Crippen molar-refractivity contribution < 1.29 is 4.79 Å². The van der Waals surface area contributed by atoms with Crippen LogP contribution < -0.4 is 11.2 Å². The maximum absolute atomic E-state index is 12.8. The van der Waals surface area contributed by atoms with Gasteiger partial charge in [0.25, 0.3) is 5.56 Å². The van der Waals surface area contributed by atoms with Crippen LogP contribution in [0.15, 0.2) is 64.2 Å². The molecular formula is C21H23N3O3. The molecule has 0 saturated heterocycles. The SMILES string of the molecule is CCCN(Cc1ccccc1)C(=O)CCn1c(=O)[nH]c(=O)c2ccccc21. The van der Waals surface area contributed by atoms with Gasteiger partial charge in [0.1, 0.15) is 0 Å². The minimum absolute atomic E-state index is 0.0112. The predicted molar refractivity (Wildman–Crippen MR) is 106 cm³/mol. The van der Waals surface area contributed by atoms with Gasteiger partial charge >= 0.3 is 5.69 Å². The average molecular weight is 365 g/mol. The van der Waals surface area contributed by atoms with Crippen molar-refractivity contribution in [3.8, 4) is 0 Å². The molecule has 6 heteroatoms. The zero-order chi connectivity index (χ0) is 19.2. The van der Waals surface area contributed by atoms with E-state index in [2.05, 4.69) is 4.98 Å². The largest absolute Gasteiger partial charge is 0.338 e. The Morgan fingerprint density at radius 3 is 2.48 bits per heavy atom. The van der Waals surface area contributed by atoms with Gasteiger partial charge in [0.05, 0.1) is 10.9 Å². The summed E-state index contributed by atoms with van der Waals surface area (Å²) in [7, 11) is 0. The molecule has 0 aliphatic carbocycles. The Bertz CT molecular complexity index is 1040. The van der Waals surface area contributed by atoms with Crippen LogP contribution in [-0.4, -0.2) is 26.9 Å². The molecule has 3 aromatic rings. The number of carbonyl (C=O) groups excluding carboxylic acids is 1. The summed E-state index contributed by atoms with van der Waals surface area (Å²) in [5.41, 5.74) is 0.724. The molecule has 1 N–H and O–H groups in total. The molecule has 0 saturated carbocycles. The van der Waals surface area contributed by atoms with Crippen LogP contribution >= 0.6 is 0 Å². The number of aromatic nitrogens is 2. The quantitative estimate of drug-likeness (QED) is 0.699. The summed E-state index contributed by atoms with van der Waals surface area (Å²) in [4.78, 5) is 41.1. The fraction of sp³-hybridized carbons (Fsp3) is 0.286. The van der Waals surface area contributed by atoms with E-state index in [1.807, 2.05) is 42.2 Å². The lowest BCUT2D eigenvalue weighted by Crippen LogP contribution is -2.34. The van der Waals surface area contributed by atoms with Crippen LogP contribution in [0.5, 0.6) is 0 Å². The summed E-state index contributed by atoms with van der Waals surface area (Å²) >= 11 is 0. The second kappa shape index (κ2) is 8.49. The zero-order valence-electron chi connectivity index (χ0n) is 15.4. The Labute approximate surface area is 157 Å². The highest BCUT2D eigenvalue weighted by Gasteiger charge is 2.15. The van der Waals surface area contributed by atoms with Crippen molar-refractivity contribution >= 4 is 16.8 Å². The summed E-state index contributed by atoms with van der Waals surface area (Å²) in [6.07, 6.45) is 1.06. The molecule has 0 fully saturated rings. The zero-order valence-corrected chi connectivity index (χ0v) is 15.4. The number of aromatic amines is 1. The van der Waals surface area contributed by atoms with Gasteiger partial charge in [-0.05, 0) is 24.1 Å². The van der Waals surface area contributed by atoms with Gasteiger partial charge in [-0.1, -0.05) is 49.4 Å². The lowest BCUT2D eigenvalue weighted by molar-refractivity contribution is -0.132. The minimum Gasteiger partial charge on any atom is -0.338 e. The molecule has 0 unspecified atom stereocenters. The van der Waals surface area contributed by atoms with Crippen molar-refractivity contribution in [1.82, 2.24) is 14.5 Å². The highest BCUT2D eigenvalue weighted by atomic mass is 16.2. The molecule has 1 heterocycles. The van der Waals surface area contributed by atoms with E-state index in [0.717, 1.165) is 12.0 Å². The van der Waals surface area contributed by atoms with E-state index in [1.165, 1.54) is 4.57 Å². The smallest absolute Gasteiger partial charge is 0.328 e. The fourth-order valence-electron chi connectivity index (χ4n) is 3.20. The average Bonchev–Trinajstić information content (AvgIpc) is 2.68. The molecular weight excluding hydrogens is 342 g/mol. The third-order valence-electron chi connectivity index (χ3n) is 4.52. The van der Waals surface area contributed by atoms with Crippen LogP contribution in [0.25, 0.3) is 10.9 Å². The first-order chi connectivity index (χ1) is 13.1. The van der Waals surface area contributed by atoms with Gasteiger partial charge in [0, 0.05) is 26.1 Å². The second-order valence-corrected chi connectivity index (χ2v) is 6.48. The van der Waals surface area contributed by atoms with Gasteiger partial charge in [0.2, 0.25) is 5.91 Å². The first kappa shape index (κ1) is 18.6. The maximum atomic E-state index is 12.8. The Morgan fingerprint density at radius 1 is 1.04 bits per heavy atom. The topological polar surface area (TPSA) is 75.2 Å². The lowest BCUT2D eigenvalue weighted by atomic mass is 10.2. The van der Waals surface area contributed by atoms with Crippen LogP contribution in [0.1, 0.15) is 25.3 Å². The highest BCUT2D eigenvalue weighted by Crippen LogP contribution is 2.10. The van der Waals surface area contributed by atoms with Gasteiger partial charge in [-0.2, -0.15) is 0 Å². The number of rotatable bonds is 7. The Kier molecular flexibility index (Phi) is 5.86. The van der Waals surface area contributed by atoms with Crippen molar-refractivity contribution in [3.63, 3.8) is 0 Å². The van der Waals surface area contributed by atoms with Crippen LogP contribution in [0, 0.1) is 0 Å². The standard InChI is InChI=1S/C21H23N3O3/c1-2-13-23(15-16-8-4-3-5-9-16)19(25)12-14-24-18-11-7-6-10-17(18)20(26)22-21(24)27/h3-11H,2,12-15H2,1H3,(H,22,26,27). The van der Waals surface area contributed by atoms with Crippen LogP contribution in [0.4, 0.5) is 0 Å². The number of aryl methyl sites for hydroxylation is 1. The number of nitrogens with zero attached hydrogens (tertiary/aromatic N) is 2. The van der Waals surface area contributed by atoms with Crippen molar-refractivity contribution in [3.05, 3.63) is 81.0 Å². The molecule has 2 aromatic carbocycles. The summed E-state index contributed by atoms with van der Waals surface area (Å²) in [5.74, 6) is -0.0112. The van der Waals surface area contributed by atoms with Gasteiger partial charge in [-0.3, -0.25) is 19.1 Å². The summed E-state index contributed by atoms with van der Waals surface area (Å²) in [6.45, 7) is 3.47. The fourth-order valence-corrected chi connectivity index (χ4v) is 3.20. The number of hydrogen-bond acceptors (Lipinski definition) is 3. The molecule has 3 rings (SSSR count). The molecule has 0 atom stereocenters. The van der Waals surface area contributed by atoms with Gasteiger partial charge in [0.15, 0.2) is 0 Å². The first-order valence-electron chi connectivity index (χ1n) is 9.13. The van der Waals surface area contributed by atoms with Crippen LogP contribution in [0.3, 0.4) is 0 Å². The molecule has 0 bridgehead atoms. The maximum Gasteiger partial charge on any atom is 0.328 e. The molecule has 0 spiro atoms. The van der Waals surface area contributed by atoms with Gasteiger partial charge in [-0.25, -0.2) is 4.79 Å². The third-order valence-corrected chi connectivity index (χ3v) is 4.52. The molecule has 1 amide bonds. The molecule has 0 radical (unpaired) electrons. The van der Waals surface area contributed by atoms with E-state index in [0.29, 0.717) is 24.0 Å². The van der Waals surface area contributed by atoms with Gasteiger partial charge in [-0.15, -0.1) is 0 Å². The number of amides is 1. The Balaban J connectivity index is 1.79. The van der Waals surface area contributed by atoms with Crippen LogP contribution in [-0.2, 0) is 17.9 Å². The van der Waals surface area contributed by atoms with E-state index < -0.39 is 11.2 Å². The number of benzene rings is 2. The molecule has 27 heavy (non-hydrogen) atoms. The predicted octanol–water partition coefficient (Wildman–Crippen LogP) is 2.52. The van der Waals surface area contributed by atoms with E-state index >= 15 is 0 Å². The van der Waals surface area contributed by atoms with Crippen molar-refractivity contribution in [2.75, 3.05) is 6.54 Å². The molecule has 140 valence electrons. The van der Waals surface area contributed by atoms with E-state index in [9.17, 15) is 14.4 Å². The molecule has 6 nitrogen and oxygen atoms in total. The van der Waals surface area contributed by atoms with E-state index in [-0.39, 0.29) is 18.9 Å². The Morgan fingerprint density at radius 2 is 1.74 bits per heavy atom. The normalized spacial score (nSPS) is 10.9. The monoisotopic (exact) mass is 365 g/mol. The first-order valence-corrected chi connectivity index (χ1v) is 9.13. The molecule has 1 aromatic heterocycles. The number of nitrogens with one attached hydrogen (secondary N) is 1. The number of carbonyl (C=O) groups is 1. The number of hydrogen-bond donors (Lipinski definition) is 1. The minimum atomic E-state index is -0.489. The highest BCUT2D eigenvalue weighted by molar-refractivity contribution is 5.79. The third kappa shape index (κ3) is 4.34. The Hall–Kier alpha value is -3.15. The number of para-hydroxylation sites is 1. The molecule has 0 aliphatic rings. The summed E-state index contributed by atoms with van der Waals surface area (Å²) < 4.78 is 1.46. The van der Waals surface area contributed by atoms with Crippen molar-refractivity contribution in [2.45, 2.75) is 32.9 Å². The van der Waals surface area contributed by atoms with Crippen molar-refractivity contribution in [1.29, 1.82) is 0 Å². The molecule has 0 aliphatic heterocycles. The summed E-state index contributed by atoms with van der Waals surface area (Å²) in [6, 6.07) is 16.8. The number of H-pyrrole nitrogens is 1. The number of fused-ring (bicyclic) bond motifs is 1. The van der Waals surface area contributed by atoms with E-state index in [1.54, 1.807) is 24.3 Å².